The molecule has 0 atom stereocenters. The molecule has 0 aromatic heterocycles. The van der Waals surface area contributed by atoms with Crippen molar-refractivity contribution in [1.29, 1.82) is 0 Å². The second kappa shape index (κ2) is 5.70. The summed E-state index contributed by atoms with van der Waals surface area (Å²) in [7, 11) is 0. The van der Waals surface area contributed by atoms with E-state index in [1.165, 1.54) is 24.3 Å². The molecule has 0 aromatic carbocycles. The van der Waals surface area contributed by atoms with E-state index in [9.17, 15) is 4.79 Å². The van der Waals surface area contributed by atoms with Crippen LogP contribution in [0.25, 0.3) is 0 Å². The molecular weight excluding hydrogens is 248 g/mol. The van der Waals surface area contributed by atoms with Gasteiger partial charge in [-0.3, -0.25) is 0 Å². The molecule has 2 fully saturated rings. The van der Waals surface area contributed by atoms with Crippen LogP contribution in [0.5, 0.6) is 0 Å². The van der Waals surface area contributed by atoms with E-state index in [1.54, 1.807) is 4.90 Å². The molecule has 1 amide bonds. The van der Waals surface area contributed by atoms with E-state index in [-0.39, 0.29) is 6.09 Å². The van der Waals surface area contributed by atoms with Gasteiger partial charge in [0, 0.05) is 25.2 Å². The molecule has 0 aromatic rings. The molecule has 0 bridgehead atoms. The summed E-state index contributed by atoms with van der Waals surface area (Å²) in [6.45, 7) is 7.29. The first kappa shape index (κ1) is 14.0. The van der Waals surface area contributed by atoms with Crippen LogP contribution in [0.1, 0.15) is 33.6 Å². The van der Waals surface area contributed by atoms with Crippen LogP contribution in [0.2, 0.25) is 0 Å². The monoisotopic (exact) mass is 272 g/mol. The fourth-order valence-corrected chi connectivity index (χ4v) is 3.36. The van der Waals surface area contributed by atoms with Crippen molar-refractivity contribution in [3.05, 3.63) is 0 Å². The lowest BCUT2D eigenvalue weighted by Gasteiger charge is -2.42. The third kappa shape index (κ3) is 4.05. The van der Waals surface area contributed by atoms with Gasteiger partial charge in [0.05, 0.1) is 0 Å². The number of carbonyl (C=O) groups is 1. The van der Waals surface area contributed by atoms with Crippen LogP contribution in [0.4, 0.5) is 4.79 Å². The molecule has 0 saturated carbocycles. The van der Waals surface area contributed by atoms with Crippen molar-refractivity contribution in [2.24, 2.45) is 0 Å². The number of hydrogen-bond donors (Lipinski definition) is 1. The highest BCUT2D eigenvalue weighted by atomic mass is 32.2. The third-order valence-corrected chi connectivity index (χ3v) is 4.27. The fourth-order valence-electron chi connectivity index (χ4n) is 2.26. The minimum atomic E-state index is -0.393. The van der Waals surface area contributed by atoms with E-state index < -0.39 is 5.60 Å². The summed E-state index contributed by atoms with van der Waals surface area (Å²) in [6, 6.07) is 1.11. The quantitative estimate of drug-likeness (QED) is 0.836. The van der Waals surface area contributed by atoms with E-state index >= 15 is 0 Å². The summed E-state index contributed by atoms with van der Waals surface area (Å²) >= 11 is 2.04. The number of thioether (sulfide) groups is 1. The Morgan fingerprint density at radius 2 is 1.83 bits per heavy atom. The Labute approximate surface area is 114 Å². The minimum Gasteiger partial charge on any atom is -0.444 e. The van der Waals surface area contributed by atoms with Crippen molar-refractivity contribution in [3.8, 4) is 0 Å². The highest BCUT2D eigenvalue weighted by molar-refractivity contribution is 7.99. The van der Waals surface area contributed by atoms with Crippen molar-refractivity contribution in [2.45, 2.75) is 51.3 Å². The number of hydrogen-bond acceptors (Lipinski definition) is 4. The van der Waals surface area contributed by atoms with Gasteiger partial charge in [0.2, 0.25) is 0 Å². The Morgan fingerprint density at radius 3 is 2.39 bits per heavy atom. The van der Waals surface area contributed by atoms with Gasteiger partial charge in [-0.05, 0) is 45.1 Å². The Bertz CT molecular complexity index is 292. The Hall–Kier alpha value is -0.420. The Balaban J connectivity index is 1.65. The van der Waals surface area contributed by atoms with E-state index in [2.05, 4.69) is 5.32 Å². The molecule has 2 aliphatic rings. The van der Waals surface area contributed by atoms with Crippen LogP contribution in [0.15, 0.2) is 0 Å². The molecule has 2 aliphatic heterocycles. The predicted octanol–water partition coefficient (Wildman–Crippen LogP) is 2.09. The van der Waals surface area contributed by atoms with Crippen LogP contribution in [-0.2, 0) is 4.74 Å². The van der Waals surface area contributed by atoms with Crippen molar-refractivity contribution < 1.29 is 9.53 Å². The Morgan fingerprint density at radius 1 is 1.22 bits per heavy atom. The van der Waals surface area contributed by atoms with Crippen molar-refractivity contribution >= 4 is 17.9 Å². The molecule has 2 heterocycles. The number of carbonyl (C=O) groups excluding carboxylic acids is 1. The molecule has 18 heavy (non-hydrogen) atoms. The average molecular weight is 272 g/mol. The summed E-state index contributed by atoms with van der Waals surface area (Å²) in [5.41, 5.74) is -0.393. The van der Waals surface area contributed by atoms with Crippen LogP contribution in [0.3, 0.4) is 0 Å². The molecule has 0 spiro atoms. The predicted molar refractivity (Wildman–Crippen MR) is 75.1 cm³/mol. The zero-order chi connectivity index (χ0) is 13.2. The molecular formula is C13H24N2O2S. The molecule has 2 rings (SSSR count). The minimum absolute atomic E-state index is 0.181. The summed E-state index contributed by atoms with van der Waals surface area (Å²) in [5.74, 6) is 2.53. The van der Waals surface area contributed by atoms with Crippen LogP contribution >= 0.6 is 11.8 Å². The fraction of sp³-hybridized carbons (Fsp3) is 0.923. The van der Waals surface area contributed by atoms with Crippen LogP contribution in [0, 0.1) is 0 Å². The van der Waals surface area contributed by atoms with Crippen LogP contribution in [-0.4, -0.2) is 53.3 Å². The van der Waals surface area contributed by atoms with Gasteiger partial charge in [-0.2, -0.15) is 11.8 Å². The SMILES string of the molecule is CC(C)(C)OC(=O)N1CC(NC2CCSCC2)C1. The second-order valence-corrected chi connectivity index (χ2v) is 7.36. The summed E-state index contributed by atoms with van der Waals surface area (Å²) in [6.07, 6.45) is 2.33. The van der Waals surface area contributed by atoms with Gasteiger partial charge >= 0.3 is 6.09 Å². The lowest BCUT2D eigenvalue weighted by molar-refractivity contribution is 0.00405. The van der Waals surface area contributed by atoms with Crippen molar-refractivity contribution in [2.75, 3.05) is 24.6 Å². The largest absolute Gasteiger partial charge is 0.444 e. The molecule has 1 N–H and O–H groups in total. The number of amides is 1. The second-order valence-electron chi connectivity index (χ2n) is 6.14. The normalized spacial score (nSPS) is 22.7. The standard InChI is InChI=1S/C13H24N2O2S/c1-13(2,3)17-12(16)15-8-11(9-15)14-10-4-6-18-7-5-10/h10-11,14H,4-9H2,1-3H3. The average Bonchev–Trinajstić information content (AvgIpc) is 2.21. The van der Waals surface area contributed by atoms with Crippen molar-refractivity contribution in [1.82, 2.24) is 10.2 Å². The molecule has 0 radical (unpaired) electrons. The number of nitrogens with zero attached hydrogens (tertiary/aromatic N) is 1. The molecule has 4 nitrogen and oxygen atoms in total. The topological polar surface area (TPSA) is 41.6 Å². The van der Waals surface area contributed by atoms with Crippen molar-refractivity contribution in [3.63, 3.8) is 0 Å². The summed E-state index contributed by atoms with van der Waals surface area (Å²) < 4.78 is 5.34. The lowest BCUT2D eigenvalue weighted by Crippen LogP contribution is -2.62. The maximum atomic E-state index is 11.8. The summed E-state index contributed by atoms with van der Waals surface area (Å²) in [4.78, 5) is 13.5. The van der Waals surface area contributed by atoms with Gasteiger partial charge in [0.15, 0.2) is 0 Å². The number of rotatable bonds is 2. The smallest absolute Gasteiger partial charge is 0.410 e. The lowest BCUT2D eigenvalue weighted by atomic mass is 10.1. The molecule has 0 unspecified atom stereocenters. The number of nitrogens with one attached hydrogen (secondary N) is 1. The highest BCUT2D eigenvalue weighted by Gasteiger charge is 2.34. The zero-order valence-electron chi connectivity index (χ0n) is 11.6. The van der Waals surface area contributed by atoms with E-state index in [4.69, 9.17) is 4.74 Å². The number of ether oxygens (including phenoxy) is 1. The maximum absolute atomic E-state index is 11.8. The highest BCUT2D eigenvalue weighted by Crippen LogP contribution is 2.20. The van der Waals surface area contributed by atoms with Gasteiger partial charge in [-0.25, -0.2) is 4.79 Å². The first-order valence-corrected chi connectivity index (χ1v) is 7.91. The van der Waals surface area contributed by atoms with Crippen LogP contribution < -0.4 is 5.32 Å². The van der Waals surface area contributed by atoms with E-state index in [0.717, 1.165) is 13.1 Å². The van der Waals surface area contributed by atoms with Gasteiger partial charge < -0.3 is 15.0 Å². The molecule has 104 valence electrons. The third-order valence-electron chi connectivity index (χ3n) is 3.23. The summed E-state index contributed by atoms with van der Waals surface area (Å²) in [5, 5.41) is 3.64. The zero-order valence-corrected chi connectivity index (χ0v) is 12.4. The van der Waals surface area contributed by atoms with Gasteiger partial charge in [-0.1, -0.05) is 0 Å². The van der Waals surface area contributed by atoms with Gasteiger partial charge in [0.25, 0.3) is 0 Å². The Kier molecular flexibility index (Phi) is 4.43. The molecule has 5 heteroatoms. The van der Waals surface area contributed by atoms with Gasteiger partial charge in [0.1, 0.15) is 5.60 Å². The van der Waals surface area contributed by atoms with E-state index in [0.29, 0.717) is 12.1 Å². The first-order chi connectivity index (χ1) is 8.44. The van der Waals surface area contributed by atoms with Gasteiger partial charge in [-0.15, -0.1) is 0 Å². The first-order valence-electron chi connectivity index (χ1n) is 6.76. The maximum Gasteiger partial charge on any atom is 0.410 e. The molecule has 2 saturated heterocycles. The number of likely N-dealkylation sites (tertiary alicyclic amines) is 1. The van der Waals surface area contributed by atoms with E-state index in [1.807, 2.05) is 32.5 Å². The molecule has 0 aliphatic carbocycles.